The first-order valence-corrected chi connectivity index (χ1v) is 8.77. The normalized spacial score (nSPS) is 21.8. The highest BCUT2D eigenvalue weighted by Gasteiger charge is 2.32. The van der Waals surface area contributed by atoms with Crippen molar-refractivity contribution in [1.82, 2.24) is 9.80 Å². The van der Waals surface area contributed by atoms with Gasteiger partial charge in [0.1, 0.15) is 0 Å². The number of rotatable bonds is 5. The van der Waals surface area contributed by atoms with Crippen LogP contribution in [0.4, 0.5) is 0 Å². The summed E-state index contributed by atoms with van der Waals surface area (Å²) < 4.78 is 5.27. The van der Waals surface area contributed by atoms with Gasteiger partial charge in [0.2, 0.25) is 0 Å². The lowest BCUT2D eigenvalue weighted by molar-refractivity contribution is 0.0290. The first-order chi connectivity index (χ1) is 11.6. The lowest BCUT2D eigenvalue weighted by atomic mass is 10.1. The number of piperazine rings is 1. The van der Waals surface area contributed by atoms with Crippen molar-refractivity contribution in [3.05, 3.63) is 60.1 Å². The Balaban J connectivity index is 1.52. The Morgan fingerprint density at radius 1 is 1.08 bits per heavy atom. The van der Waals surface area contributed by atoms with E-state index in [9.17, 15) is 4.79 Å². The van der Waals surface area contributed by atoms with Crippen molar-refractivity contribution in [2.75, 3.05) is 19.6 Å². The summed E-state index contributed by atoms with van der Waals surface area (Å²) in [5, 5.41) is 0. The zero-order valence-corrected chi connectivity index (χ0v) is 14.5. The van der Waals surface area contributed by atoms with Gasteiger partial charge in [-0.2, -0.15) is 0 Å². The molecule has 2 heterocycles. The van der Waals surface area contributed by atoms with E-state index in [2.05, 4.69) is 49.1 Å². The smallest absolute Gasteiger partial charge is 0.289 e. The van der Waals surface area contributed by atoms with Crippen LogP contribution in [0.5, 0.6) is 0 Å². The number of aryl methyl sites for hydroxylation is 1. The van der Waals surface area contributed by atoms with Gasteiger partial charge in [-0.05, 0) is 50.9 Å². The van der Waals surface area contributed by atoms with Crippen molar-refractivity contribution in [3.63, 3.8) is 0 Å². The van der Waals surface area contributed by atoms with E-state index in [1.165, 1.54) is 5.56 Å². The summed E-state index contributed by atoms with van der Waals surface area (Å²) in [6.07, 6.45) is 3.81. The van der Waals surface area contributed by atoms with Crippen molar-refractivity contribution < 1.29 is 9.21 Å². The quantitative estimate of drug-likeness (QED) is 0.844. The van der Waals surface area contributed by atoms with Gasteiger partial charge in [0.05, 0.1) is 6.26 Å². The van der Waals surface area contributed by atoms with E-state index < -0.39 is 0 Å². The van der Waals surface area contributed by atoms with Gasteiger partial charge >= 0.3 is 0 Å². The highest BCUT2D eigenvalue weighted by atomic mass is 16.3. The summed E-state index contributed by atoms with van der Waals surface area (Å²) in [4.78, 5) is 17.0. The molecule has 2 unspecified atom stereocenters. The molecule has 1 aliphatic rings. The number of furan rings is 1. The maximum Gasteiger partial charge on any atom is 0.289 e. The fourth-order valence-electron chi connectivity index (χ4n) is 3.47. The van der Waals surface area contributed by atoms with E-state index in [-0.39, 0.29) is 11.9 Å². The standard InChI is InChI=1S/C20H26N2O2/c1-16-15-22(20(23)19-11-7-13-24-19)17(2)14-21(16)12-6-10-18-8-4-3-5-9-18/h3-5,7-9,11,13,16-17H,6,10,12,14-15H2,1-2H3. The largest absolute Gasteiger partial charge is 0.459 e. The van der Waals surface area contributed by atoms with Crippen LogP contribution in [0.2, 0.25) is 0 Å². The molecule has 2 aromatic rings. The Morgan fingerprint density at radius 3 is 2.58 bits per heavy atom. The molecule has 0 aliphatic carbocycles. The molecular weight excluding hydrogens is 300 g/mol. The molecule has 0 saturated carbocycles. The molecule has 1 amide bonds. The summed E-state index contributed by atoms with van der Waals surface area (Å²) in [7, 11) is 0. The van der Waals surface area contributed by atoms with Crippen LogP contribution < -0.4 is 0 Å². The van der Waals surface area contributed by atoms with E-state index in [1.54, 1.807) is 18.4 Å². The Morgan fingerprint density at radius 2 is 1.88 bits per heavy atom. The monoisotopic (exact) mass is 326 g/mol. The predicted octanol–water partition coefficient (Wildman–Crippen LogP) is 3.45. The molecular formula is C20H26N2O2. The number of hydrogen-bond acceptors (Lipinski definition) is 3. The van der Waals surface area contributed by atoms with Crippen molar-refractivity contribution in [2.24, 2.45) is 0 Å². The van der Waals surface area contributed by atoms with Crippen LogP contribution in [0.25, 0.3) is 0 Å². The Bertz CT molecular complexity index is 639. The minimum absolute atomic E-state index is 0.00304. The van der Waals surface area contributed by atoms with E-state index in [4.69, 9.17) is 4.42 Å². The molecule has 3 rings (SSSR count). The Kier molecular flexibility index (Phi) is 5.36. The lowest BCUT2D eigenvalue weighted by Gasteiger charge is -2.44. The SMILES string of the molecule is CC1CN(C(=O)c2ccco2)C(C)CN1CCCc1ccccc1. The van der Waals surface area contributed by atoms with Crippen molar-refractivity contribution in [2.45, 2.75) is 38.8 Å². The summed E-state index contributed by atoms with van der Waals surface area (Å²) in [5.74, 6) is 0.440. The number of nitrogens with zero attached hydrogens (tertiary/aromatic N) is 2. The fourth-order valence-corrected chi connectivity index (χ4v) is 3.47. The van der Waals surface area contributed by atoms with Gasteiger partial charge < -0.3 is 9.32 Å². The zero-order valence-electron chi connectivity index (χ0n) is 14.5. The maximum atomic E-state index is 12.5. The van der Waals surface area contributed by atoms with Crippen molar-refractivity contribution >= 4 is 5.91 Å². The molecule has 4 heteroatoms. The highest BCUT2D eigenvalue weighted by Crippen LogP contribution is 2.19. The van der Waals surface area contributed by atoms with Crippen LogP contribution in [0.3, 0.4) is 0 Å². The van der Waals surface area contributed by atoms with E-state index in [0.29, 0.717) is 11.8 Å². The van der Waals surface area contributed by atoms with Gasteiger partial charge in [-0.15, -0.1) is 0 Å². The average Bonchev–Trinajstić information content (AvgIpc) is 3.12. The summed E-state index contributed by atoms with van der Waals surface area (Å²) in [6, 6.07) is 14.7. The summed E-state index contributed by atoms with van der Waals surface area (Å²) in [5.41, 5.74) is 1.39. The molecule has 1 aliphatic heterocycles. The topological polar surface area (TPSA) is 36.7 Å². The van der Waals surface area contributed by atoms with E-state index in [1.807, 2.05) is 4.90 Å². The molecule has 2 atom stereocenters. The zero-order chi connectivity index (χ0) is 16.9. The van der Waals surface area contributed by atoms with Crippen molar-refractivity contribution in [3.8, 4) is 0 Å². The molecule has 24 heavy (non-hydrogen) atoms. The van der Waals surface area contributed by atoms with Gasteiger partial charge in [-0.25, -0.2) is 0 Å². The Labute approximate surface area is 144 Å². The van der Waals surface area contributed by atoms with Crippen molar-refractivity contribution in [1.29, 1.82) is 0 Å². The molecule has 4 nitrogen and oxygen atoms in total. The van der Waals surface area contributed by atoms with Gasteiger partial charge in [-0.1, -0.05) is 30.3 Å². The predicted molar refractivity (Wildman–Crippen MR) is 95.0 cm³/mol. The molecule has 0 radical (unpaired) electrons. The molecule has 0 N–H and O–H groups in total. The summed E-state index contributed by atoms with van der Waals surface area (Å²) in [6.45, 7) is 7.07. The van der Waals surface area contributed by atoms with E-state index >= 15 is 0 Å². The average molecular weight is 326 g/mol. The summed E-state index contributed by atoms with van der Waals surface area (Å²) >= 11 is 0. The number of benzene rings is 1. The van der Waals surface area contributed by atoms with Crippen LogP contribution in [0.15, 0.2) is 53.1 Å². The minimum Gasteiger partial charge on any atom is -0.459 e. The third kappa shape index (κ3) is 3.88. The number of hydrogen-bond donors (Lipinski definition) is 0. The van der Waals surface area contributed by atoms with Crippen LogP contribution in [0.1, 0.15) is 36.4 Å². The Hall–Kier alpha value is -2.07. The molecule has 1 aromatic heterocycles. The van der Waals surface area contributed by atoms with Gasteiger partial charge in [0.15, 0.2) is 5.76 Å². The van der Waals surface area contributed by atoms with Gasteiger partial charge in [0, 0.05) is 25.2 Å². The van der Waals surface area contributed by atoms with E-state index in [0.717, 1.165) is 32.5 Å². The lowest BCUT2D eigenvalue weighted by Crippen LogP contribution is -2.58. The van der Waals surface area contributed by atoms with Crippen LogP contribution in [0, 0.1) is 0 Å². The second kappa shape index (κ2) is 7.67. The molecule has 0 bridgehead atoms. The third-order valence-corrected chi connectivity index (χ3v) is 4.86. The molecule has 1 fully saturated rings. The number of carbonyl (C=O) groups is 1. The van der Waals surface area contributed by atoms with Crippen LogP contribution >= 0.6 is 0 Å². The molecule has 1 saturated heterocycles. The first kappa shape index (κ1) is 16.8. The second-order valence-corrected chi connectivity index (χ2v) is 6.72. The number of amides is 1. The maximum absolute atomic E-state index is 12.5. The fraction of sp³-hybridized carbons (Fsp3) is 0.450. The van der Waals surface area contributed by atoms with Crippen LogP contribution in [-0.4, -0.2) is 47.4 Å². The minimum atomic E-state index is 0.00304. The highest BCUT2D eigenvalue weighted by molar-refractivity contribution is 5.91. The van der Waals surface area contributed by atoms with Gasteiger partial charge in [-0.3, -0.25) is 9.69 Å². The molecule has 128 valence electrons. The number of carbonyl (C=O) groups excluding carboxylic acids is 1. The van der Waals surface area contributed by atoms with Gasteiger partial charge in [0.25, 0.3) is 5.91 Å². The second-order valence-electron chi connectivity index (χ2n) is 6.72. The molecule has 1 aromatic carbocycles. The third-order valence-electron chi connectivity index (χ3n) is 4.86. The first-order valence-electron chi connectivity index (χ1n) is 8.77. The van der Waals surface area contributed by atoms with Crippen LogP contribution in [-0.2, 0) is 6.42 Å². The molecule has 0 spiro atoms.